The topological polar surface area (TPSA) is 106 Å². The molecule has 1 heterocycles. The molecule has 0 bridgehead atoms. The number of aromatic nitrogens is 2. The van der Waals surface area contributed by atoms with E-state index in [0.717, 1.165) is 21.3 Å². The Bertz CT molecular complexity index is 639. The van der Waals surface area contributed by atoms with Gasteiger partial charge in [-0.3, -0.25) is 19.6 Å². The molecule has 1 aromatic rings. The highest BCUT2D eigenvalue weighted by Crippen LogP contribution is 2.41. The number of aliphatic carboxylic acids is 1. The highest BCUT2D eigenvalue weighted by molar-refractivity contribution is 8.85. The third-order valence-corrected chi connectivity index (χ3v) is 8.04. The lowest BCUT2D eigenvalue weighted by atomic mass is 10.2. The minimum atomic E-state index is -1.05. The van der Waals surface area contributed by atoms with Gasteiger partial charge in [0.05, 0.1) is 21.0 Å². The lowest BCUT2D eigenvalue weighted by Crippen LogP contribution is -2.32. The van der Waals surface area contributed by atoms with Crippen molar-refractivity contribution in [3.63, 3.8) is 0 Å². The number of nitrogens with two attached hydrogens (primary N) is 1. The van der Waals surface area contributed by atoms with Crippen LogP contribution in [0, 0.1) is 0 Å². The van der Waals surface area contributed by atoms with Gasteiger partial charge in [-0.05, 0) is 44.9 Å². The standard InChI is InChI=1S/C13H15N3O3S5/c1-7(13(20)24-21-6-9(14)12(18)19)11(23-22-8(2)17)10-5-15-3-4-16-10/h3-5,9H,6,14H2,1-2H3,(H,18,19)/b11-7-. The van der Waals surface area contributed by atoms with Gasteiger partial charge in [-0.1, -0.05) is 23.0 Å². The van der Waals surface area contributed by atoms with Crippen LogP contribution in [0.15, 0.2) is 24.2 Å². The van der Waals surface area contributed by atoms with Crippen LogP contribution in [0.4, 0.5) is 0 Å². The van der Waals surface area contributed by atoms with Crippen LogP contribution in [0.2, 0.25) is 0 Å². The van der Waals surface area contributed by atoms with Crippen LogP contribution in [0.1, 0.15) is 19.5 Å². The van der Waals surface area contributed by atoms with Gasteiger partial charge in [0.1, 0.15) is 6.04 Å². The molecule has 0 amide bonds. The number of nitrogens with zero attached hydrogens (tertiary/aromatic N) is 2. The Kier molecular flexibility index (Phi) is 9.93. The number of carboxylic acids is 1. The first kappa shape index (κ1) is 21.5. The molecule has 0 aromatic carbocycles. The fourth-order valence-electron chi connectivity index (χ4n) is 1.20. The molecule has 0 fully saturated rings. The summed E-state index contributed by atoms with van der Waals surface area (Å²) in [5.41, 5.74) is 6.87. The minimum Gasteiger partial charge on any atom is -0.480 e. The zero-order valence-corrected chi connectivity index (χ0v) is 16.9. The molecule has 0 saturated heterocycles. The molecular weight excluding hydrogens is 406 g/mol. The third kappa shape index (κ3) is 7.53. The van der Waals surface area contributed by atoms with Crippen LogP contribution in [0.5, 0.6) is 0 Å². The number of carbonyl (C=O) groups excluding carboxylic acids is 1. The summed E-state index contributed by atoms with van der Waals surface area (Å²) in [6.45, 7) is 3.32. The Balaban J connectivity index is 2.85. The summed E-state index contributed by atoms with van der Waals surface area (Å²) in [6, 6.07) is -0.934. The summed E-state index contributed by atoms with van der Waals surface area (Å²) < 4.78 is 0.579. The van der Waals surface area contributed by atoms with Gasteiger partial charge < -0.3 is 10.8 Å². The van der Waals surface area contributed by atoms with Gasteiger partial charge in [0.15, 0.2) is 5.12 Å². The SMILES string of the molecule is CC(=O)SS/C(=C(/C)C(=S)SSCC(N)C(=O)O)c1cnccn1. The summed E-state index contributed by atoms with van der Waals surface area (Å²) in [5.74, 6) is -0.807. The van der Waals surface area contributed by atoms with E-state index >= 15 is 0 Å². The average molecular weight is 422 g/mol. The molecule has 6 nitrogen and oxygen atoms in total. The van der Waals surface area contributed by atoms with E-state index in [1.54, 1.807) is 18.6 Å². The highest BCUT2D eigenvalue weighted by Gasteiger charge is 2.16. The van der Waals surface area contributed by atoms with E-state index in [2.05, 4.69) is 9.97 Å². The Morgan fingerprint density at radius 1 is 1.29 bits per heavy atom. The van der Waals surface area contributed by atoms with E-state index in [1.807, 2.05) is 6.92 Å². The molecule has 11 heteroatoms. The Morgan fingerprint density at radius 3 is 2.54 bits per heavy atom. The highest BCUT2D eigenvalue weighted by atomic mass is 33.1. The summed E-state index contributed by atoms with van der Waals surface area (Å²) in [5, 5.41) is 8.74. The first-order chi connectivity index (χ1) is 11.3. The molecule has 0 saturated carbocycles. The molecule has 1 rings (SSSR count). The fraction of sp³-hybridized carbons (Fsp3) is 0.308. The Hall–Kier alpha value is -0.590. The number of thiocarbonyl (C=S) groups is 1. The monoisotopic (exact) mass is 421 g/mol. The van der Waals surface area contributed by atoms with Crippen LogP contribution in [0.25, 0.3) is 4.91 Å². The molecule has 0 spiro atoms. The Labute approximate surface area is 161 Å². The van der Waals surface area contributed by atoms with Gasteiger partial charge in [-0.15, -0.1) is 0 Å². The predicted molar refractivity (Wildman–Crippen MR) is 109 cm³/mol. The van der Waals surface area contributed by atoms with Crippen molar-refractivity contribution >= 4 is 75.6 Å². The first-order valence-electron chi connectivity index (χ1n) is 6.47. The average Bonchev–Trinajstić information content (AvgIpc) is 2.55. The van der Waals surface area contributed by atoms with Crippen LogP contribution in [-0.4, -0.2) is 42.2 Å². The van der Waals surface area contributed by atoms with Gasteiger partial charge in [-0.2, -0.15) is 0 Å². The lowest BCUT2D eigenvalue weighted by molar-refractivity contribution is -0.137. The third-order valence-electron chi connectivity index (χ3n) is 2.38. The van der Waals surface area contributed by atoms with Crippen LogP contribution in [0.3, 0.4) is 0 Å². The van der Waals surface area contributed by atoms with Crippen molar-refractivity contribution < 1.29 is 14.7 Å². The number of hydrogen-bond donors (Lipinski definition) is 2. The van der Waals surface area contributed by atoms with Gasteiger partial charge in [0.25, 0.3) is 0 Å². The smallest absolute Gasteiger partial charge is 0.321 e. The van der Waals surface area contributed by atoms with Crippen molar-refractivity contribution in [1.82, 2.24) is 9.97 Å². The van der Waals surface area contributed by atoms with Crippen molar-refractivity contribution in [1.29, 1.82) is 0 Å². The zero-order valence-electron chi connectivity index (χ0n) is 12.8. The largest absolute Gasteiger partial charge is 0.480 e. The van der Waals surface area contributed by atoms with Gasteiger partial charge in [0.2, 0.25) is 0 Å². The van der Waals surface area contributed by atoms with E-state index in [0.29, 0.717) is 9.89 Å². The molecule has 1 atom stereocenters. The maximum atomic E-state index is 11.3. The van der Waals surface area contributed by atoms with E-state index < -0.39 is 12.0 Å². The van der Waals surface area contributed by atoms with Crippen LogP contribution < -0.4 is 5.73 Å². The molecule has 130 valence electrons. The van der Waals surface area contributed by atoms with Gasteiger partial charge in [-0.25, -0.2) is 0 Å². The van der Waals surface area contributed by atoms with Crippen molar-refractivity contribution in [3.8, 4) is 0 Å². The number of carbonyl (C=O) groups is 2. The second-order valence-corrected chi connectivity index (χ2v) is 9.64. The molecule has 0 aliphatic heterocycles. The Morgan fingerprint density at radius 2 is 2.00 bits per heavy atom. The fourth-order valence-corrected chi connectivity index (χ4v) is 5.75. The number of hydrogen-bond acceptors (Lipinski definition) is 10. The first-order valence-corrected chi connectivity index (χ1v) is 11.3. The van der Waals surface area contributed by atoms with E-state index in [-0.39, 0.29) is 10.9 Å². The lowest BCUT2D eigenvalue weighted by Gasteiger charge is -2.11. The van der Waals surface area contributed by atoms with Crippen molar-refractivity contribution in [2.45, 2.75) is 19.9 Å². The quantitative estimate of drug-likeness (QED) is 0.367. The van der Waals surface area contributed by atoms with Gasteiger partial charge in [0, 0.05) is 25.1 Å². The van der Waals surface area contributed by atoms with Crippen molar-refractivity contribution in [2.24, 2.45) is 5.73 Å². The van der Waals surface area contributed by atoms with Crippen molar-refractivity contribution in [2.75, 3.05) is 5.75 Å². The van der Waals surface area contributed by atoms with Crippen LogP contribution in [-0.2, 0) is 9.59 Å². The molecule has 24 heavy (non-hydrogen) atoms. The zero-order chi connectivity index (χ0) is 18.1. The van der Waals surface area contributed by atoms with Crippen molar-refractivity contribution in [3.05, 3.63) is 29.9 Å². The minimum absolute atomic E-state index is 0.0328. The summed E-state index contributed by atoms with van der Waals surface area (Å²) >= 11 is 5.39. The summed E-state index contributed by atoms with van der Waals surface area (Å²) in [6.07, 6.45) is 4.74. The van der Waals surface area contributed by atoms with Crippen LogP contribution >= 0.6 is 55.4 Å². The molecule has 0 aliphatic rings. The summed E-state index contributed by atoms with van der Waals surface area (Å²) in [7, 11) is 4.93. The second kappa shape index (κ2) is 11.1. The predicted octanol–water partition coefficient (Wildman–Crippen LogP) is 3.26. The maximum Gasteiger partial charge on any atom is 0.321 e. The van der Waals surface area contributed by atoms with E-state index in [9.17, 15) is 9.59 Å². The molecule has 0 radical (unpaired) electrons. The summed E-state index contributed by atoms with van der Waals surface area (Å²) in [4.78, 5) is 31.0. The molecule has 1 aromatic heterocycles. The number of carboxylic acid groups (broad SMARTS) is 1. The van der Waals surface area contributed by atoms with E-state index in [1.165, 1.54) is 39.3 Å². The number of rotatable bonds is 8. The molecule has 3 N–H and O–H groups in total. The molecular formula is C13H15N3O3S5. The van der Waals surface area contributed by atoms with Gasteiger partial charge >= 0.3 is 5.97 Å². The maximum absolute atomic E-state index is 11.3. The molecule has 1 unspecified atom stereocenters. The second-order valence-electron chi connectivity index (χ2n) is 4.30. The molecule has 0 aliphatic carbocycles. The normalized spacial score (nSPS) is 13.1. The van der Waals surface area contributed by atoms with E-state index in [4.69, 9.17) is 23.1 Å².